The molecule has 1 rings (SSSR count). The number of carboxylic acids is 1. The Kier molecular flexibility index (Phi) is 4.46. The SMILES string of the molecule is C=CCN(C)C(=O)Cc1ccccc1C(=O)O. The molecule has 0 saturated heterocycles. The van der Waals surface area contributed by atoms with Gasteiger partial charge in [-0.1, -0.05) is 24.3 Å². The molecule has 0 heterocycles. The third-order valence-electron chi connectivity index (χ3n) is 2.42. The summed E-state index contributed by atoms with van der Waals surface area (Å²) in [5.41, 5.74) is 0.703. The summed E-state index contributed by atoms with van der Waals surface area (Å²) >= 11 is 0. The van der Waals surface area contributed by atoms with E-state index < -0.39 is 5.97 Å². The second kappa shape index (κ2) is 5.84. The maximum atomic E-state index is 11.8. The van der Waals surface area contributed by atoms with Gasteiger partial charge in [-0.15, -0.1) is 6.58 Å². The number of aromatic carboxylic acids is 1. The zero-order chi connectivity index (χ0) is 12.8. The Morgan fingerprint density at radius 1 is 1.41 bits per heavy atom. The van der Waals surface area contributed by atoms with Gasteiger partial charge in [0.05, 0.1) is 12.0 Å². The average molecular weight is 233 g/mol. The number of carboxylic acid groups (broad SMARTS) is 1. The lowest BCUT2D eigenvalue weighted by molar-refractivity contribution is -0.128. The number of likely N-dealkylation sites (N-methyl/N-ethyl adjacent to an activating group) is 1. The maximum absolute atomic E-state index is 11.8. The average Bonchev–Trinajstić information content (AvgIpc) is 2.29. The van der Waals surface area contributed by atoms with Gasteiger partial charge in [0.15, 0.2) is 0 Å². The summed E-state index contributed by atoms with van der Waals surface area (Å²) < 4.78 is 0. The lowest BCUT2D eigenvalue weighted by Gasteiger charge is -2.15. The van der Waals surface area contributed by atoms with Crippen molar-refractivity contribution in [2.45, 2.75) is 6.42 Å². The molecule has 0 fully saturated rings. The highest BCUT2D eigenvalue weighted by Crippen LogP contribution is 2.10. The zero-order valence-electron chi connectivity index (χ0n) is 9.72. The highest BCUT2D eigenvalue weighted by molar-refractivity contribution is 5.91. The molecule has 1 aromatic carbocycles. The molecule has 0 atom stereocenters. The van der Waals surface area contributed by atoms with Crippen molar-refractivity contribution >= 4 is 11.9 Å². The van der Waals surface area contributed by atoms with Gasteiger partial charge in [-0.05, 0) is 11.6 Å². The molecule has 0 bridgehead atoms. The summed E-state index contributed by atoms with van der Waals surface area (Å²) in [6.07, 6.45) is 1.72. The van der Waals surface area contributed by atoms with Gasteiger partial charge < -0.3 is 10.0 Å². The Bertz CT molecular complexity index is 440. The second-order valence-electron chi connectivity index (χ2n) is 3.70. The normalized spacial score (nSPS) is 9.71. The molecule has 1 aromatic rings. The largest absolute Gasteiger partial charge is 0.478 e. The summed E-state index contributed by atoms with van der Waals surface area (Å²) in [7, 11) is 1.66. The van der Waals surface area contributed by atoms with Crippen molar-refractivity contribution in [3.8, 4) is 0 Å². The molecular formula is C13H15NO3. The molecule has 1 amide bonds. The van der Waals surface area contributed by atoms with Gasteiger partial charge in [-0.2, -0.15) is 0 Å². The van der Waals surface area contributed by atoms with Crippen LogP contribution in [0.4, 0.5) is 0 Å². The van der Waals surface area contributed by atoms with E-state index in [0.717, 1.165) is 0 Å². The first kappa shape index (κ1) is 13.0. The summed E-state index contributed by atoms with van der Waals surface area (Å²) in [5, 5.41) is 8.98. The summed E-state index contributed by atoms with van der Waals surface area (Å²) in [6.45, 7) is 4.00. The summed E-state index contributed by atoms with van der Waals surface area (Å²) in [6, 6.07) is 6.52. The predicted molar refractivity (Wildman–Crippen MR) is 64.9 cm³/mol. The van der Waals surface area contributed by atoms with Gasteiger partial charge in [0.1, 0.15) is 0 Å². The fourth-order valence-electron chi connectivity index (χ4n) is 1.48. The maximum Gasteiger partial charge on any atom is 0.335 e. The Labute approximate surface area is 100 Å². The number of hydrogen-bond acceptors (Lipinski definition) is 2. The van der Waals surface area contributed by atoms with Crippen molar-refractivity contribution in [3.63, 3.8) is 0 Å². The third-order valence-corrected chi connectivity index (χ3v) is 2.42. The van der Waals surface area contributed by atoms with Gasteiger partial charge in [0.2, 0.25) is 5.91 Å². The van der Waals surface area contributed by atoms with Crippen molar-refractivity contribution in [2.24, 2.45) is 0 Å². The smallest absolute Gasteiger partial charge is 0.335 e. The van der Waals surface area contributed by atoms with E-state index in [1.54, 1.807) is 31.3 Å². The first-order chi connectivity index (χ1) is 8.06. The van der Waals surface area contributed by atoms with E-state index in [1.807, 2.05) is 0 Å². The minimum atomic E-state index is -1.01. The van der Waals surface area contributed by atoms with E-state index in [4.69, 9.17) is 5.11 Å². The summed E-state index contributed by atoms with van der Waals surface area (Å²) in [4.78, 5) is 24.2. The highest BCUT2D eigenvalue weighted by Gasteiger charge is 2.14. The van der Waals surface area contributed by atoms with E-state index in [2.05, 4.69) is 6.58 Å². The molecule has 0 unspecified atom stereocenters. The van der Waals surface area contributed by atoms with Crippen molar-refractivity contribution in [3.05, 3.63) is 48.0 Å². The van der Waals surface area contributed by atoms with E-state index in [9.17, 15) is 9.59 Å². The molecular weight excluding hydrogens is 218 g/mol. The Morgan fingerprint density at radius 3 is 2.65 bits per heavy atom. The van der Waals surface area contributed by atoms with Crippen LogP contribution in [0, 0.1) is 0 Å². The van der Waals surface area contributed by atoms with Crippen LogP contribution in [0.2, 0.25) is 0 Å². The Balaban J connectivity index is 2.84. The summed E-state index contributed by atoms with van der Waals surface area (Å²) in [5.74, 6) is -1.14. The molecule has 0 aliphatic carbocycles. The molecule has 0 saturated carbocycles. The first-order valence-corrected chi connectivity index (χ1v) is 5.22. The monoisotopic (exact) mass is 233 g/mol. The number of rotatable bonds is 5. The number of amides is 1. The van der Waals surface area contributed by atoms with Gasteiger partial charge in [0.25, 0.3) is 0 Å². The van der Waals surface area contributed by atoms with Crippen LogP contribution in [-0.2, 0) is 11.2 Å². The van der Waals surface area contributed by atoms with Gasteiger partial charge >= 0.3 is 5.97 Å². The van der Waals surface area contributed by atoms with Gasteiger partial charge in [0, 0.05) is 13.6 Å². The number of nitrogens with zero attached hydrogens (tertiary/aromatic N) is 1. The van der Waals surface area contributed by atoms with Crippen LogP contribution in [-0.4, -0.2) is 35.5 Å². The van der Waals surface area contributed by atoms with Crippen LogP contribution in [0.5, 0.6) is 0 Å². The van der Waals surface area contributed by atoms with E-state index in [-0.39, 0.29) is 17.9 Å². The molecule has 4 nitrogen and oxygen atoms in total. The van der Waals surface area contributed by atoms with Crippen molar-refractivity contribution in [2.75, 3.05) is 13.6 Å². The lowest BCUT2D eigenvalue weighted by Crippen LogP contribution is -2.28. The number of benzene rings is 1. The number of carbonyl (C=O) groups is 2. The Morgan fingerprint density at radius 2 is 2.06 bits per heavy atom. The minimum Gasteiger partial charge on any atom is -0.478 e. The van der Waals surface area contributed by atoms with Crippen molar-refractivity contribution in [1.82, 2.24) is 4.90 Å². The number of hydrogen-bond donors (Lipinski definition) is 1. The van der Waals surface area contributed by atoms with Crippen LogP contribution in [0.3, 0.4) is 0 Å². The zero-order valence-corrected chi connectivity index (χ0v) is 9.72. The Hall–Kier alpha value is -2.10. The molecule has 0 aliphatic rings. The highest BCUT2D eigenvalue weighted by atomic mass is 16.4. The van der Waals surface area contributed by atoms with E-state index >= 15 is 0 Å². The van der Waals surface area contributed by atoms with Crippen LogP contribution < -0.4 is 0 Å². The quantitative estimate of drug-likeness (QED) is 0.785. The van der Waals surface area contributed by atoms with E-state index in [0.29, 0.717) is 12.1 Å². The lowest BCUT2D eigenvalue weighted by atomic mass is 10.0. The van der Waals surface area contributed by atoms with Gasteiger partial charge in [-0.3, -0.25) is 4.79 Å². The molecule has 0 aliphatic heterocycles. The van der Waals surface area contributed by atoms with Crippen LogP contribution in [0.25, 0.3) is 0 Å². The molecule has 0 aromatic heterocycles. The standard InChI is InChI=1S/C13H15NO3/c1-3-8-14(2)12(15)9-10-6-4-5-7-11(10)13(16)17/h3-7H,1,8-9H2,2H3,(H,16,17). The molecule has 4 heteroatoms. The first-order valence-electron chi connectivity index (χ1n) is 5.22. The predicted octanol–water partition coefficient (Wildman–Crippen LogP) is 1.57. The number of carbonyl (C=O) groups excluding carboxylic acids is 1. The van der Waals surface area contributed by atoms with Crippen molar-refractivity contribution in [1.29, 1.82) is 0 Å². The molecule has 90 valence electrons. The minimum absolute atomic E-state index is 0.0901. The van der Waals surface area contributed by atoms with Gasteiger partial charge in [-0.25, -0.2) is 4.79 Å². The van der Waals surface area contributed by atoms with Crippen LogP contribution in [0.15, 0.2) is 36.9 Å². The van der Waals surface area contributed by atoms with Crippen molar-refractivity contribution < 1.29 is 14.7 Å². The topological polar surface area (TPSA) is 57.6 Å². The fourth-order valence-corrected chi connectivity index (χ4v) is 1.48. The molecule has 1 N–H and O–H groups in total. The second-order valence-corrected chi connectivity index (χ2v) is 3.70. The fraction of sp³-hybridized carbons (Fsp3) is 0.231. The van der Waals surface area contributed by atoms with Crippen LogP contribution in [0.1, 0.15) is 15.9 Å². The van der Waals surface area contributed by atoms with E-state index in [1.165, 1.54) is 11.0 Å². The molecule has 0 radical (unpaired) electrons. The molecule has 0 spiro atoms. The third kappa shape index (κ3) is 3.45. The van der Waals surface area contributed by atoms with Crippen LogP contribution >= 0.6 is 0 Å². The molecule has 17 heavy (non-hydrogen) atoms.